The third-order valence-corrected chi connectivity index (χ3v) is 4.13. The van der Waals surface area contributed by atoms with Crippen LogP contribution in [0.3, 0.4) is 0 Å². The average molecular weight is 336 g/mol. The summed E-state index contributed by atoms with van der Waals surface area (Å²) in [7, 11) is 0. The zero-order valence-electron chi connectivity index (χ0n) is 13.9. The van der Waals surface area contributed by atoms with Crippen LogP contribution in [0.4, 0.5) is 10.7 Å². The summed E-state index contributed by atoms with van der Waals surface area (Å²) < 4.78 is 0. The van der Waals surface area contributed by atoms with Crippen LogP contribution in [0.25, 0.3) is 0 Å². The molecule has 0 bridgehead atoms. The Morgan fingerprint density at radius 2 is 2.04 bits per heavy atom. The summed E-state index contributed by atoms with van der Waals surface area (Å²) >= 11 is 0. The van der Waals surface area contributed by atoms with Crippen LogP contribution in [0.1, 0.15) is 24.0 Å². The third kappa shape index (κ3) is 4.67. The summed E-state index contributed by atoms with van der Waals surface area (Å²) in [5, 5.41) is 14.7. The van der Waals surface area contributed by atoms with E-state index in [0.717, 1.165) is 24.9 Å². The Labute approximate surface area is 146 Å². The molecule has 0 radical (unpaired) electrons. The van der Waals surface area contributed by atoms with Crippen LogP contribution < -0.4 is 15.5 Å². The first kappa shape index (κ1) is 16.7. The maximum atomic E-state index is 12.1. The van der Waals surface area contributed by atoms with Crippen molar-refractivity contribution in [3.8, 4) is 6.07 Å². The highest BCUT2D eigenvalue weighted by Gasteiger charge is 2.22. The fraction of sp³-hybridized carbons (Fsp3) is 0.333. The molecule has 2 N–H and O–H groups in total. The van der Waals surface area contributed by atoms with Crippen LogP contribution in [0.15, 0.2) is 42.7 Å². The van der Waals surface area contributed by atoms with Gasteiger partial charge in [-0.25, -0.2) is 14.8 Å². The molecule has 1 saturated heterocycles. The van der Waals surface area contributed by atoms with E-state index in [2.05, 4.69) is 31.6 Å². The van der Waals surface area contributed by atoms with Crippen molar-refractivity contribution in [1.29, 1.82) is 5.26 Å². The number of urea groups is 1. The second kappa shape index (κ2) is 8.11. The molecule has 1 fully saturated rings. The SMILES string of the molecule is N#Cc1ccc(CNC(=O)N[C@@H]2CCCN(c3ncccn3)C2)cc1. The number of anilines is 1. The second-order valence-electron chi connectivity index (χ2n) is 5.97. The molecular formula is C18H20N6O. The van der Waals surface area contributed by atoms with Gasteiger partial charge in [-0.3, -0.25) is 0 Å². The maximum Gasteiger partial charge on any atom is 0.315 e. The van der Waals surface area contributed by atoms with Crippen molar-refractivity contribution < 1.29 is 4.79 Å². The van der Waals surface area contributed by atoms with Crippen molar-refractivity contribution in [3.63, 3.8) is 0 Å². The van der Waals surface area contributed by atoms with Gasteiger partial charge in [-0.1, -0.05) is 12.1 Å². The fourth-order valence-corrected chi connectivity index (χ4v) is 2.85. The van der Waals surface area contributed by atoms with E-state index in [9.17, 15) is 4.79 Å². The van der Waals surface area contributed by atoms with Crippen molar-refractivity contribution in [1.82, 2.24) is 20.6 Å². The van der Waals surface area contributed by atoms with Crippen molar-refractivity contribution >= 4 is 12.0 Å². The number of carbonyl (C=O) groups excluding carboxylic acids is 1. The molecule has 7 nitrogen and oxygen atoms in total. The number of benzene rings is 1. The van der Waals surface area contributed by atoms with E-state index >= 15 is 0 Å². The quantitative estimate of drug-likeness (QED) is 0.888. The number of nitrogens with one attached hydrogen (secondary N) is 2. The minimum Gasteiger partial charge on any atom is -0.339 e. The minimum atomic E-state index is -0.190. The molecule has 128 valence electrons. The molecule has 0 saturated carbocycles. The van der Waals surface area contributed by atoms with E-state index < -0.39 is 0 Å². The van der Waals surface area contributed by atoms with E-state index in [0.29, 0.717) is 24.6 Å². The smallest absolute Gasteiger partial charge is 0.315 e. The molecule has 1 aromatic carbocycles. The van der Waals surface area contributed by atoms with Gasteiger partial charge in [0.2, 0.25) is 5.95 Å². The number of hydrogen-bond acceptors (Lipinski definition) is 5. The topological polar surface area (TPSA) is 93.9 Å². The Kier molecular flexibility index (Phi) is 5.42. The van der Waals surface area contributed by atoms with Crippen LogP contribution in [-0.2, 0) is 6.54 Å². The van der Waals surface area contributed by atoms with Crippen molar-refractivity contribution in [3.05, 3.63) is 53.9 Å². The van der Waals surface area contributed by atoms with Crippen LogP contribution >= 0.6 is 0 Å². The Morgan fingerprint density at radius 3 is 2.76 bits per heavy atom. The van der Waals surface area contributed by atoms with Gasteiger partial charge in [0.15, 0.2) is 0 Å². The Hall–Kier alpha value is -3.14. The number of rotatable bonds is 4. The van der Waals surface area contributed by atoms with E-state index in [1.54, 1.807) is 30.6 Å². The predicted octanol–water partition coefficient (Wildman–Crippen LogP) is 1.82. The molecule has 2 heterocycles. The maximum absolute atomic E-state index is 12.1. The van der Waals surface area contributed by atoms with E-state index in [4.69, 9.17) is 5.26 Å². The lowest BCUT2D eigenvalue weighted by Gasteiger charge is -2.33. The van der Waals surface area contributed by atoms with Crippen LogP contribution in [-0.4, -0.2) is 35.1 Å². The molecule has 1 aromatic heterocycles. The molecule has 0 spiro atoms. The first-order valence-electron chi connectivity index (χ1n) is 8.30. The van der Waals surface area contributed by atoms with Crippen molar-refractivity contribution in [2.75, 3.05) is 18.0 Å². The Morgan fingerprint density at radius 1 is 1.28 bits per heavy atom. The first-order valence-corrected chi connectivity index (χ1v) is 8.30. The standard InChI is InChI=1S/C18H20N6O/c19-11-14-4-6-15(7-5-14)12-22-18(25)23-16-3-1-10-24(13-16)17-20-8-2-9-21-17/h2,4-9,16H,1,3,10,12-13H2,(H2,22,23,25)/t16-/m1/s1. The monoisotopic (exact) mass is 336 g/mol. The lowest BCUT2D eigenvalue weighted by atomic mass is 10.1. The Bertz CT molecular complexity index is 740. The number of piperidine rings is 1. The van der Waals surface area contributed by atoms with Gasteiger partial charge in [0.05, 0.1) is 11.6 Å². The molecule has 0 aliphatic carbocycles. The minimum absolute atomic E-state index is 0.0681. The molecule has 7 heteroatoms. The molecule has 3 rings (SSSR count). The number of amides is 2. The number of carbonyl (C=O) groups is 1. The highest BCUT2D eigenvalue weighted by atomic mass is 16.2. The molecule has 1 atom stereocenters. The molecule has 0 unspecified atom stereocenters. The summed E-state index contributed by atoms with van der Waals surface area (Å²) in [4.78, 5) is 22.8. The zero-order valence-corrected chi connectivity index (χ0v) is 13.9. The summed E-state index contributed by atoms with van der Waals surface area (Å²) in [6.45, 7) is 2.03. The van der Waals surface area contributed by atoms with Gasteiger partial charge in [-0.2, -0.15) is 5.26 Å². The van der Waals surface area contributed by atoms with E-state index in [1.807, 2.05) is 12.1 Å². The number of nitrogens with zero attached hydrogens (tertiary/aromatic N) is 4. The normalized spacial score (nSPS) is 16.8. The van der Waals surface area contributed by atoms with E-state index in [-0.39, 0.29) is 12.1 Å². The van der Waals surface area contributed by atoms with Crippen LogP contribution in [0.2, 0.25) is 0 Å². The predicted molar refractivity (Wildman–Crippen MR) is 93.8 cm³/mol. The van der Waals surface area contributed by atoms with Crippen LogP contribution in [0, 0.1) is 11.3 Å². The van der Waals surface area contributed by atoms with Gasteiger partial charge < -0.3 is 15.5 Å². The van der Waals surface area contributed by atoms with Gasteiger partial charge in [0.1, 0.15) is 0 Å². The van der Waals surface area contributed by atoms with Gasteiger partial charge in [0.25, 0.3) is 0 Å². The van der Waals surface area contributed by atoms with Crippen molar-refractivity contribution in [2.24, 2.45) is 0 Å². The Balaban J connectivity index is 1.48. The van der Waals surface area contributed by atoms with Crippen molar-refractivity contribution in [2.45, 2.75) is 25.4 Å². The number of nitriles is 1. The number of hydrogen-bond donors (Lipinski definition) is 2. The lowest BCUT2D eigenvalue weighted by Crippen LogP contribution is -2.50. The summed E-state index contributed by atoms with van der Waals surface area (Å²) in [6, 6.07) is 10.9. The van der Waals surface area contributed by atoms with E-state index in [1.165, 1.54) is 0 Å². The van der Waals surface area contributed by atoms with Gasteiger partial charge in [-0.05, 0) is 36.6 Å². The molecule has 2 amide bonds. The average Bonchev–Trinajstić information content (AvgIpc) is 2.68. The molecular weight excluding hydrogens is 316 g/mol. The second-order valence-corrected chi connectivity index (χ2v) is 5.97. The summed E-state index contributed by atoms with van der Waals surface area (Å²) in [5.41, 5.74) is 1.57. The highest BCUT2D eigenvalue weighted by molar-refractivity contribution is 5.74. The molecule has 25 heavy (non-hydrogen) atoms. The van der Waals surface area contributed by atoms with Gasteiger partial charge in [0, 0.05) is 38.1 Å². The van der Waals surface area contributed by atoms with Gasteiger partial charge in [-0.15, -0.1) is 0 Å². The third-order valence-electron chi connectivity index (χ3n) is 4.13. The molecule has 2 aromatic rings. The number of aromatic nitrogens is 2. The summed E-state index contributed by atoms with van der Waals surface area (Å²) in [6.07, 6.45) is 5.37. The highest BCUT2D eigenvalue weighted by Crippen LogP contribution is 2.15. The first-order chi connectivity index (χ1) is 12.2. The molecule has 1 aliphatic heterocycles. The fourth-order valence-electron chi connectivity index (χ4n) is 2.85. The van der Waals surface area contributed by atoms with Gasteiger partial charge >= 0.3 is 6.03 Å². The summed E-state index contributed by atoms with van der Waals surface area (Å²) in [5.74, 6) is 0.701. The largest absolute Gasteiger partial charge is 0.339 e. The molecule has 1 aliphatic rings. The zero-order chi connectivity index (χ0) is 17.5. The lowest BCUT2D eigenvalue weighted by molar-refractivity contribution is 0.234. The van der Waals surface area contributed by atoms with Crippen LogP contribution in [0.5, 0.6) is 0 Å².